The molecule has 108 valence electrons. The predicted octanol–water partition coefficient (Wildman–Crippen LogP) is 3.25. The Balaban J connectivity index is 2.29. The van der Waals surface area contributed by atoms with Gasteiger partial charge in [-0.25, -0.2) is 0 Å². The number of unbranched alkanes of at least 4 members (excludes halogenated alkanes) is 1. The fourth-order valence-electron chi connectivity index (χ4n) is 2.10. The normalized spacial score (nSPS) is 11.0. The fourth-order valence-corrected chi connectivity index (χ4v) is 2.10. The van der Waals surface area contributed by atoms with Crippen molar-refractivity contribution in [3.8, 4) is 5.75 Å². The van der Waals surface area contributed by atoms with Crippen molar-refractivity contribution in [2.24, 2.45) is 0 Å². The third kappa shape index (κ3) is 6.63. The zero-order valence-corrected chi connectivity index (χ0v) is 13.0. The van der Waals surface area contributed by atoms with Crippen molar-refractivity contribution in [3.05, 3.63) is 29.3 Å². The number of benzene rings is 1. The van der Waals surface area contributed by atoms with Gasteiger partial charge < -0.3 is 10.1 Å². The third-order valence-electron chi connectivity index (χ3n) is 3.32. The summed E-state index contributed by atoms with van der Waals surface area (Å²) in [5.41, 5.74) is 2.65. The summed E-state index contributed by atoms with van der Waals surface area (Å²) >= 11 is 0. The quantitative estimate of drug-likeness (QED) is 0.681. The lowest BCUT2D eigenvalue weighted by molar-refractivity contribution is -0.655. The van der Waals surface area contributed by atoms with E-state index >= 15 is 0 Å². The first kappa shape index (κ1) is 16.0. The molecule has 0 saturated carbocycles. The van der Waals surface area contributed by atoms with Gasteiger partial charge in [0, 0.05) is 6.42 Å². The van der Waals surface area contributed by atoms with E-state index in [9.17, 15) is 0 Å². The molecule has 0 aliphatic carbocycles. The lowest BCUT2D eigenvalue weighted by atomic mass is 10.0. The van der Waals surface area contributed by atoms with Crippen LogP contribution >= 0.6 is 0 Å². The average molecular weight is 264 g/mol. The standard InChI is InChI=1S/C17H29NO/c1-5-6-8-18-9-7-10-19-17-12-15(4)11-16(13-17)14(2)3/h11-14,18H,5-10H2,1-4H3/p+1. The first-order valence-corrected chi connectivity index (χ1v) is 7.69. The summed E-state index contributed by atoms with van der Waals surface area (Å²) in [5.74, 6) is 1.59. The summed E-state index contributed by atoms with van der Waals surface area (Å²) in [6.07, 6.45) is 3.72. The van der Waals surface area contributed by atoms with Crippen molar-refractivity contribution < 1.29 is 10.1 Å². The van der Waals surface area contributed by atoms with E-state index in [2.05, 4.69) is 51.2 Å². The Morgan fingerprint density at radius 2 is 1.84 bits per heavy atom. The Kier molecular flexibility index (Phi) is 7.57. The van der Waals surface area contributed by atoms with Crippen LogP contribution in [0.15, 0.2) is 18.2 Å². The van der Waals surface area contributed by atoms with Crippen LogP contribution in [-0.2, 0) is 0 Å². The van der Waals surface area contributed by atoms with Gasteiger partial charge in [0.05, 0.1) is 19.7 Å². The molecule has 0 amide bonds. The molecule has 2 N–H and O–H groups in total. The summed E-state index contributed by atoms with van der Waals surface area (Å²) in [6, 6.07) is 6.56. The number of nitrogens with two attached hydrogens (primary N) is 1. The van der Waals surface area contributed by atoms with Crippen molar-refractivity contribution in [2.75, 3.05) is 19.7 Å². The van der Waals surface area contributed by atoms with Crippen LogP contribution in [-0.4, -0.2) is 19.7 Å². The first-order valence-electron chi connectivity index (χ1n) is 7.69. The number of hydrogen-bond donors (Lipinski definition) is 1. The molecule has 19 heavy (non-hydrogen) atoms. The van der Waals surface area contributed by atoms with Crippen molar-refractivity contribution in [1.29, 1.82) is 0 Å². The van der Waals surface area contributed by atoms with Gasteiger partial charge in [-0.15, -0.1) is 0 Å². The molecule has 0 radical (unpaired) electrons. The molecule has 0 saturated heterocycles. The molecule has 1 aromatic carbocycles. The highest BCUT2D eigenvalue weighted by Gasteiger charge is 2.03. The van der Waals surface area contributed by atoms with Crippen LogP contribution in [0.3, 0.4) is 0 Å². The second-order valence-electron chi connectivity index (χ2n) is 5.66. The zero-order chi connectivity index (χ0) is 14.1. The van der Waals surface area contributed by atoms with Gasteiger partial charge in [-0.2, -0.15) is 0 Å². The fraction of sp³-hybridized carbons (Fsp3) is 0.647. The highest BCUT2D eigenvalue weighted by atomic mass is 16.5. The molecule has 0 spiro atoms. The highest BCUT2D eigenvalue weighted by Crippen LogP contribution is 2.22. The van der Waals surface area contributed by atoms with E-state index in [-0.39, 0.29) is 0 Å². The Labute approximate surface area is 118 Å². The number of ether oxygens (including phenoxy) is 1. The Bertz CT molecular complexity index is 360. The van der Waals surface area contributed by atoms with Gasteiger partial charge in [-0.1, -0.05) is 33.3 Å². The Morgan fingerprint density at radius 3 is 2.53 bits per heavy atom. The molecule has 0 bridgehead atoms. The van der Waals surface area contributed by atoms with E-state index in [0.717, 1.165) is 18.8 Å². The molecule has 2 heteroatoms. The summed E-state index contributed by atoms with van der Waals surface area (Å²) in [7, 11) is 0. The minimum absolute atomic E-state index is 0.560. The van der Waals surface area contributed by atoms with Crippen LogP contribution < -0.4 is 10.1 Å². The van der Waals surface area contributed by atoms with Crippen LogP contribution in [0.2, 0.25) is 0 Å². The largest absolute Gasteiger partial charge is 0.493 e. The van der Waals surface area contributed by atoms with Gasteiger partial charge in [-0.3, -0.25) is 0 Å². The van der Waals surface area contributed by atoms with Crippen molar-refractivity contribution in [2.45, 2.75) is 52.9 Å². The minimum Gasteiger partial charge on any atom is -0.493 e. The monoisotopic (exact) mass is 264 g/mol. The average Bonchev–Trinajstić information content (AvgIpc) is 2.37. The maximum atomic E-state index is 5.86. The Hall–Kier alpha value is -1.02. The van der Waals surface area contributed by atoms with Crippen LogP contribution in [0.4, 0.5) is 0 Å². The first-order chi connectivity index (χ1) is 9.13. The van der Waals surface area contributed by atoms with Gasteiger partial charge in [0.1, 0.15) is 5.75 Å². The maximum absolute atomic E-state index is 5.86. The van der Waals surface area contributed by atoms with Gasteiger partial charge >= 0.3 is 0 Å². The molecule has 0 unspecified atom stereocenters. The molecular formula is C17H30NO+. The van der Waals surface area contributed by atoms with Gasteiger partial charge in [0.2, 0.25) is 0 Å². The smallest absolute Gasteiger partial charge is 0.119 e. The van der Waals surface area contributed by atoms with Gasteiger partial charge in [0.25, 0.3) is 0 Å². The number of hydrogen-bond acceptors (Lipinski definition) is 1. The van der Waals surface area contributed by atoms with Crippen LogP contribution in [0, 0.1) is 6.92 Å². The number of aryl methyl sites for hydroxylation is 1. The van der Waals surface area contributed by atoms with Crippen molar-refractivity contribution in [1.82, 2.24) is 0 Å². The second kappa shape index (κ2) is 8.98. The molecule has 0 fully saturated rings. The molecule has 0 aliphatic heterocycles. The van der Waals surface area contributed by atoms with Crippen LogP contribution in [0.1, 0.15) is 57.1 Å². The molecule has 0 heterocycles. The summed E-state index contributed by atoms with van der Waals surface area (Å²) in [5, 5.41) is 2.39. The lowest BCUT2D eigenvalue weighted by Crippen LogP contribution is -2.84. The lowest BCUT2D eigenvalue weighted by Gasteiger charge is -2.11. The minimum atomic E-state index is 0.560. The van der Waals surface area contributed by atoms with Crippen molar-refractivity contribution in [3.63, 3.8) is 0 Å². The van der Waals surface area contributed by atoms with Crippen LogP contribution in [0.25, 0.3) is 0 Å². The van der Waals surface area contributed by atoms with E-state index in [1.807, 2.05) is 0 Å². The molecule has 1 aromatic rings. The maximum Gasteiger partial charge on any atom is 0.119 e. The van der Waals surface area contributed by atoms with E-state index in [4.69, 9.17) is 4.74 Å². The highest BCUT2D eigenvalue weighted by molar-refractivity contribution is 5.35. The molecule has 2 nitrogen and oxygen atoms in total. The summed E-state index contributed by atoms with van der Waals surface area (Å²) in [6.45, 7) is 12.1. The Morgan fingerprint density at radius 1 is 1.11 bits per heavy atom. The van der Waals surface area contributed by atoms with Crippen molar-refractivity contribution >= 4 is 0 Å². The second-order valence-corrected chi connectivity index (χ2v) is 5.66. The topological polar surface area (TPSA) is 25.8 Å². The molecule has 0 atom stereocenters. The number of rotatable bonds is 9. The van der Waals surface area contributed by atoms with Gasteiger partial charge in [-0.05, 0) is 42.5 Å². The SMILES string of the molecule is CCCC[NH2+]CCCOc1cc(C)cc(C(C)C)c1. The van der Waals surface area contributed by atoms with E-state index in [1.165, 1.54) is 37.1 Å². The van der Waals surface area contributed by atoms with E-state index in [1.54, 1.807) is 0 Å². The molecule has 1 rings (SSSR count). The summed E-state index contributed by atoms with van der Waals surface area (Å²) < 4.78 is 5.86. The van der Waals surface area contributed by atoms with E-state index in [0.29, 0.717) is 5.92 Å². The molecule has 0 aliphatic rings. The predicted molar refractivity (Wildman–Crippen MR) is 81.9 cm³/mol. The van der Waals surface area contributed by atoms with Gasteiger partial charge in [0.15, 0.2) is 0 Å². The zero-order valence-electron chi connectivity index (χ0n) is 13.0. The number of quaternary nitrogens is 1. The third-order valence-corrected chi connectivity index (χ3v) is 3.32. The van der Waals surface area contributed by atoms with E-state index < -0.39 is 0 Å². The summed E-state index contributed by atoms with van der Waals surface area (Å²) in [4.78, 5) is 0. The molecular weight excluding hydrogens is 234 g/mol. The molecule has 0 aromatic heterocycles. The van der Waals surface area contributed by atoms with Crippen LogP contribution in [0.5, 0.6) is 5.75 Å².